The number of rotatable bonds is 2. The van der Waals surface area contributed by atoms with E-state index in [9.17, 15) is 0 Å². The normalized spacial score (nSPS) is 12.6. The van der Waals surface area contributed by atoms with Crippen LogP contribution in [-0.4, -0.2) is 30.4 Å². The molecule has 4 heterocycles. The molecule has 0 aliphatic rings. The van der Waals surface area contributed by atoms with Crippen LogP contribution < -0.4 is 0 Å². The lowest BCUT2D eigenvalue weighted by atomic mass is 9.92. The molecule has 144 valence electrons. The number of fused-ring (bicyclic) bond motifs is 1. The van der Waals surface area contributed by atoms with Crippen molar-refractivity contribution in [3.63, 3.8) is 0 Å². The lowest BCUT2D eigenvalue weighted by Crippen LogP contribution is -2.11. The van der Waals surface area contributed by atoms with Crippen molar-refractivity contribution >= 4 is 10.8 Å². The lowest BCUT2D eigenvalue weighted by Gasteiger charge is -2.14. The van der Waals surface area contributed by atoms with Crippen molar-refractivity contribution in [3.8, 4) is 22.8 Å². The number of H-pyrrole nitrogens is 2. The molecule has 4 rings (SSSR count). The molecule has 6 nitrogen and oxygen atoms in total. The van der Waals surface area contributed by atoms with Gasteiger partial charge in [0.25, 0.3) is 0 Å². The predicted molar refractivity (Wildman–Crippen MR) is 112 cm³/mol. The zero-order valence-electron chi connectivity index (χ0n) is 17.3. The van der Waals surface area contributed by atoms with Crippen molar-refractivity contribution in [2.75, 3.05) is 0 Å². The maximum absolute atomic E-state index is 4.94. The third-order valence-electron chi connectivity index (χ3n) is 4.91. The first-order valence-electron chi connectivity index (χ1n) is 9.50. The summed E-state index contributed by atoms with van der Waals surface area (Å²) in [6.07, 6.45) is 3.65. The van der Waals surface area contributed by atoms with Gasteiger partial charge in [-0.05, 0) is 24.3 Å². The fourth-order valence-electron chi connectivity index (χ4n) is 3.09. The van der Waals surface area contributed by atoms with E-state index < -0.39 is 0 Å². The van der Waals surface area contributed by atoms with Crippen LogP contribution >= 0.6 is 0 Å². The molecule has 4 aromatic heterocycles. The van der Waals surface area contributed by atoms with E-state index in [1.165, 1.54) is 0 Å². The van der Waals surface area contributed by atoms with E-state index in [2.05, 4.69) is 79.1 Å². The zero-order chi connectivity index (χ0) is 20.1. The minimum absolute atomic E-state index is 0.00368. The first kappa shape index (κ1) is 18.3. The fourth-order valence-corrected chi connectivity index (χ4v) is 3.09. The molecule has 0 spiro atoms. The van der Waals surface area contributed by atoms with Crippen LogP contribution in [0.2, 0.25) is 0 Å². The second-order valence-corrected chi connectivity index (χ2v) is 9.29. The number of hydrogen-bond acceptors (Lipinski definition) is 4. The molecule has 0 amide bonds. The Morgan fingerprint density at radius 3 is 1.96 bits per heavy atom. The van der Waals surface area contributed by atoms with Gasteiger partial charge in [-0.1, -0.05) is 41.5 Å². The first-order valence-corrected chi connectivity index (χ1v) is 9.50. The molecule has 0 fully saturated rings. The Bertz CT molecular complexity index is 1140. The van der Waals surface area contributed by atoms with Crippen molar-refractivity contribution in [3.05, 3.63) is 48.0 Å². The van der Waals surface area contributed by atoms with Crippen LogP contribution in [0.15, 0.2) is 36.7 Å². The largest absolute Gasteiger partial charge is 0.281 e. The van der Waals surface area contributed by atoms with Crippen LogP contribution in [0.3, 0.4) is 0 Å². The average Bonchev–Trinajstić information content (AvgIpc) is 3.29. The number of nitrogens with zero attached hydrogens (tertiary/aromatic N) is 4. The van der Waals surface area contributed by atoms with Gasteiger partial charge >= 0.3 is 0 Å². The Morgan fingerprint density at radius 1 is 0.750 bits per heavy atom. The quantitative estimate of drug-likeness (QED) is 0.517. The van der Waals surface area contributed by atoms with Crippen molar-refractivity contribution in [2.45, 2.75) is 52.4 Å². The lowest BCUT2D eigenvalue weighted by molar-refractivity contribution is 0.566. The maximum Gasteiger partial charge on any atom is 0.111 e. The van der Waals surface area contributed by atoms with E-state index >= 15 is 0 Å². The Labute approximate surface area is 164 Å². The SMILES string of the molecule is CC(C)(C)c1cc(-c2cc3cnccc3c(-c3cc(C(C)(C)C)[nH]n3)n2)n[nH]1. The second-order valence-electron chi connectivity index (χ2n) is 9.29. The van der Waals surface area contributed by atoms with E-state index in [0.717, 1.165) is 44.9 Å². The molecule has 0 unspecified atom stereocenters. The molecule has 0 radical (unpaired) electrons. The Kier molecular flexibility index (Phi) is 4.10. The number of aromatic nitrogens is 6. The number of nitrogens with one attached hydrogen (secondary N) is 2. The summed E-state index contributed by atoms with van der Waals surface area (Å²) < 4.78 is 0. The van der Waals surface area contributed by atoms with Gasteiger partial charge in [0.1, 0.15) is 11.4 Å². The fraction of sp³-hybridized carbons (Fsp3) is 0.364. The Balaban J connectivity index is 1.89. The number of aromatic amines is 2. The van der Waals surface area contributed by atoms with Crippen LogP contribution in [-0.2, 0) is 10.8 Å². The summed E-state index contributed by atoms with van der Waals surface area (Å²) in [5, 5.41) is 17.4. The minimum Gasteiger partial charge on any atom is -0.281 e. The summed E-state index contributed by atoms with van der Waals surface area (Å²) in [6.45, 7) is 13.0. The smallest absolute Gasteiger partial charge is 0.111 e. The molecular formula is C22H26N6. The highest BCUT2D eigenvalue weighted by Gasteiger charge is 2.21. The van der Waals surface area contributed by atoms with Crippen molar-refractivity contribution in [1.29, 1.82) is 0 Å². The van der Waals surface area contributed by atoms with Gasteiger partial charge in [0.2, 0.25) is 0 Å². The zero-order valence-corrected chi connectivity index (χ0v) is 17.3. The van der Waals surface area contributed by atoms with E-state index in [1.807, 2.05) is 18.3 Å². The highest BCUT2D eigenvalue weighted by Crippen LogP contribution is 2.32. The monoisotopic (exact) mass is 374 g/mol. The summed E-state index contributed by atoms with van der Waals surface area (Å²) in [5.41, 5.74) is 5.43. The van der Waals surface area contributed by atoms with Gasteiger partial charge in [-0.15, -0.1) is 0 Å². The second kappa shape index (κ2) is 6.26. The van der Waals surface area contributed by atoms with Gasteiger partial charge in [-0.25, -0.2) is 4.98 Å². The van der Waals surface area contributed by atoms with E-state index in [0.29, 0.717) is 0 Å². The van der Waals surface area contributed by atoms with Gasteiger partial charge in [0.05, 0.1) is 11.4 Å². The van der Waals surface area contributed by atoms with E-state index in [1.54, 1.807) is 6.20 Å². The van der Waals surface area contributed by atoms with Crippen LogP contribution in [0.4, 0.5) is 0 Å². The van der Waals surface area contributed by atoms with Crippen LogP contribution in [0, 0.1) is 0 Å². The first-order chi connectivity index (χ1) is 13.1. The molecule has 0 saturated heterocycles. The molecular weight excluding hydrogens is 348 g/mol. The summed E-state index contributed by atoms with van der Waals surface area (Å²) in [7, 11) is 0. The molecule has 0 aliphatic carbocycles. The molecule has 4 aromatic rings. The number of hydrogen-bond donors (Lipinski definition) is 2. The van der Waals surface area contributed by atoms with Gasteiger partial charge < -0.3 is 0 Å². The number of pyridine rings is 2. The van der Waals surface area contributed by atoms with Gasteiger partial charge in [-0.2, -0.15) is 10.2 Å². The van der Waals surface area contributed by atoms with E-state index in [-0.39, 0.29) is 10.8 Å². The highest BCUT2D eigenvalue weighted by atomic mass is 15.1. The summed E-state index contributed by atoms with van der Waals surface area (Å²) in [4.78, 5) is 9.23. The highest BCUT2D eigenvalue weighted by molar-refractivity contribution is 5.95. The van der Waals surface area contributed by atoms with Crippen molar-refractivity contribution in [2.24, 2.45) is 0 Å². The van der Waals surface area contributed by atoms with Crippen LogP contribution in [0.5, 0.6) is 0 Å². The third-order valence-corrected chi connectivity index (χ3v) is 4.91. The standard InChI is InChI=1S/C22H26N6/c1-21(2,3)18-10-16(25-27-18)15-9-13-12-23-8-7-14(13)20(24-15)17-11-19(28-26-17)22(4,5)6/h7-12H,1-6H3,(H,25,27)(H,26,28). The molecule has 0 aromatic carbocycles. The molecule has 0 atom stereocenters. The molecule has 2 N–H and O–H groups in total. The van der Waals surface area contributed by atoms with Crippen molar-refractivity contribution in [1.82, 2.24) is 30.4 Å². The minimum atomic E-state index is -0.00990. The van der Waals surface area contributed by atoms with Gasteiger partial charge in [-0.3, -0.25) is 15.2 Å². The summed E-state index contributed by atoms with van der Waals surface area (Å²) >= 11 is 0. The third kappa shape index (κ3) is 3.30. The predicted octanol–water partition coefficient (Wildman–Crippen LogP) is 5.01. The molecule has 6 heteroatoms. The molecule has 28 heavy (non-hydrogen) atoms. The molecule has 0 aliphatic heterocycles. The molecule has 0 bridgehead atoms. The topological polar surface area (TPSA) is 83.1 Å². The molecule has 0 saturated carbocycles. The Hall–Kier alpha value is -3.02. The summed E-state index contributed by atoms with van der Waals surface area (Å²) in [5.74, 6) is 0. The maximum atomic E-state index is 4.94. The summed E-state index contributed by atoms with van der Waals surface area (Å²) in [6, 6.07) is 8.17. The van der Waals surface area contributed by atoms with Crippen LogP contribution in [0.25, 0.3) is 33.5 Å². The van der Waals surface area contributed by atoms with Gasteiger partial charge in [0, 0.05) is 45.4 Å². The Morgan fingerprint density at radius 2 is 1.36 bits per heavy atom. The average molecular weight is 374 g/mol. The van der Waals surface area contributed by atoms with Crippen LogP contribution in [0.1, 0.15) is 52.9 Å². The van der Waals surface area contributed by atoms with Gasteiger partial charge in [0.15, 0.2) is 0 Å². The van der Waals surface area contributed by atoms with Crippen molar-refractivity contribution < 1.29 is 0 Å². The van der Waals surface area contributed by atoms with E-state index in [4.69, 9.17) is 4.98 Å².